The van der Waals surface area contributed by atoms with Crippen molar-refractivity contribution in [2.45, 2.75) is 19.5 Å². The maximum atomic E-state index is 12.7. The lowest BCUT2D eigenvalue weighted by atomic mass is 10.1. The Bertz CT molecular complexity index is 606. The van der Waals surface area contributed by atoms with Crippen molar-refractivity contribution in [2.24, 2.45) is 0 Å². The van der Waals surface area contributed by atoms with Gasteiger partial charge in [-0.3, -0.25) is 4.79 Å². The van der Waals surface area contributed by atoms with Crippen LogP contribution in [0.25, 0.3) is 5.69 Å². The monoisotopic (exact) mass is 283 g/mol. The SMILES string of the molecule is CCC(=O)Nc1cc(C(F)(F)F)ccc1-n1cccn1. The molecule has 106 valence electrons. The molecule has 7 heteroatoms. The number of alkyl halides is 3. The third-order valence-electron chi connectivity index (χ3n) is 2.67. The van der Waals surface area contributed by atoms with E-state index in [1.807, 2.05) is 0 Å². The number of amides is 1. The number of carbonyl (C=O) groups is 1. The highest BCUT2D eigenvalue weighted by Crippen LogP contribution is 2.33. The van der Waals surface area contributed by atoms with Crippen molar-refractivity contribution in [3.05, 3.63) is 42.2 Å². The summed E-state index contributed by atoms with van der Waals surface area (Å²) in [5.41, 5.74) is -0.361. The summed E-state index contributed by atoms with van der Waals surface area (Å²) in [6.07, 6.45) is -1.20. The molecule has 1 N–H and O–H groups in total. The molecule has 0 atom stereocenters. The van der Waals surface area contributed by atoms with E-state index in [1.165, 1.54) is 16.9 Å². The summed E-state index contributed by atoms with van der Waals surface area (Å²) in [4.78, 5) is 11.4. The van der Waals surface area contributed by atoms with Gasteiger partial charge in [0.2, 0.25) is 5.91 Å². The second kappa shape index (κ2) is 5.36. The molecule has 0 unspecified atom stereocenters. The van der Waals surface area contributed by atoms with E-state index in [1.54, 1.807) is 19.2 Å². The first kappa shape index (κ1) is 14.1. The number of hydrogen-bond acceptors (Lipinski definition) is 2. The van der Waals surface area contributed by atoms with E-state index in [0.717, 1.165) is 12.1 Å². The van der Waals surface area contributed by atoms with Gasteiger partial charge in [0.25, 0.3) is 0 Å². The van der Waals surface area contributed by atoms with Gasteiger partial charge in [0.15, 0.2) is 0 Å². The molecule has 0 bridgehead atoms. The highest BCUT2D eigenvalue weighted by atomic mass is 19.4. The first-order chi connectivity index (χ1) is 9.41. The number of nitrogens with zero attached hydrogens (tertiary/aromatic N) is 2. The van der Waals surface area contributed by atoms with E-state index in [2.05, 4.69) is 10.4 Å². The van der Waals surface area contributed by atoms with Crippen molar-refractivity contribution in [2.75, 3.05) is 5.32 Å². The number of anilines is 1. The van der Waals surface area contributed by atoms with Crippen LogP contribution in [0.3, 0.4) is 0 Å². The standard InChI is InChI=1S/C13H12F3N3O/c1-2-12(20)18-10-8-9(13(14,15)16)4-5-11(10)19-7-3-6-17-19/h3-8H,2H2,1H3,(H,18,20). The molecule has 0 aliphatic carbocycles. The van der Waals surface area contributed by atoms with E-state index < -0.39 is 11.7 Å². The molecule has 0 aliphatic heterocycles. The van der Waals surface area contributed by atoms with Gasteiger partial charge in [-0.15, -0.1) is 0 Å². The van der Waals surface area contributed by atoms with Crippen molar-refractivity contribution in [1.82, 2.24) is 9.78 Å². The molecule has 1 amide bonds. The quantitative estimate of drug-likeness (QED) is 0.940. The first-order valence-corrected chi connectivity index (χ1v) is 5.93. The lowest BCUT2D eigenvalue weighted by Crippen LogP contribution is -2.14. The number of benzene rings is 1. The molecule has 1 aromatic heterocycles. The second-order valence-electron chi connectivity index (χ2n) is 4.08. The van der Waals surface area contributed by atoms with Gasteiger partial charge in [0, 0.05) is 18.8 Å². The second-order valence-corrected chi connectivity index (χ2v) is 4.08. The molecule has 20 heavy (non-hydrogen) atoms. The van der Waals surface area contributed by atoms with Gasteiger partial charge in [-0.1, -0.05) is 6.92 Å². The molecule has 0 aliphatic rings. The summed E-state index contributed by atoms with van der Waals surface area (Å²) in [5.74, 6) is -0.363. The number of halogens is 3. The Balaban J connectivity index is 2.49. The lowest BCUT2D eigenvalue weighted by molar-refractivity contribution is -0.137. The molecule has 2 aromatic rings. The van der Waals surface area contributed by atoms with Gasteiger partial charge in [-0.05, 0) is 24.3 Å². The predicted octanol–water partition coefficient (Wildman–Crippen LogP) is 3.24. The van der Waals surface area contributed by atoms with Crippen molar-refractivity contribution >= 4 is 11.6 Å². The Hall–Kier alpha value is -2.31. The molecule has 4 nitrogen and oxygen atoms in total. The maximum absolute atomic E-state index is 12.7. The van der Waals surface area contributed by atoms with E-state index in [4.69, 9.17) is 0 Å². The van der Waals surface area contributed by atoms with Crippen molar-refractivity contribution in [3.63, 3.8) is 0 Å². The first-order valence-electron chi connectivity index (χ1n) is 5.93. The molecule has 0 saturated carbocycles. The average molecular weight is 283 g/mol. The molecule has 1 aromatic carbocycles. The zero-order valence-electron chi connectivity index (χ0n) is 10.6. The van der Waals surface area contributed by atoms with Crippen LogP contribution in [-0.2, 0) is 11.0 Å². The molecule has 0 radical (unpaired) electrons. The molecular weight excluding hydrogens is 271 g/mol. The van der Waals surface area contributed by atoms with Gasteiger partial charge < -0.3 is 5.32 Å². The largest absolute Gasteiger partial charge is 0.416 e. The molecule has 2 rings (SSSR count). The number of nitrogens with one attached hydrogen (secondary N) is 1. The number of hydrogen-bond donors (Lipinski definition) is 1. The smallest absolute Gasteiger partial charge is 0.324 e. The summed E-state index contributed by atoms with van der Waals surface area (Å²) >= 11 is 0. The zero-order chi connectivity index (χ0) is 14.8. The Kier molecular flexibility index (Phi) is 3.78. The van der Waals surface area contributed by atoms with Gasteiger partial charge in [-0.25, -0.2) is 4.68 Å². The molecule has 1 heterocycles. The van der Waals surface area contributed by atoms with Crippen LogP contribution in [0.4, 0.5) is 18.9 Å². The average Bonchev–Trinajstić information content (AvgIpc) is 2.91. The van der Waals surface area contributed by atoms with Gasteiger partial charge in [0.1, 0.15) is 0 Å². The number of carbonyl (C=O) groups excluding carboxylic acids is 1. The molecular formula is C13H12F3N3O. The van der Waals surface area contributed by atoms with Crippen molar-refractivity contribution in [3.8, 4) is 5.69 Å². The van der Waals surface area contributed by atoms with Crippen molar-refractivity contribution in [1.29, 1.82) is 0 Å². The summed E-state index contributed by atoms with van der Waals surface area (Å²) in [5, 5.41) is 6.42. The summed E-state index contributed by atoms with van der Waals surface area (Å²) in [6, 6.07) is 4.79. The fraction of sp³-hybridized carbons (Fsp3) is 0.231. The van der Waals surface area contributed by atoms with Crippen LogP contribution < -0.4 is 5.32 Å². The van der Waals surface area contributed by atoms with Crippen LogP contribution in [-0.4, -0.2) is 15.7 Å². The molecule has 0 saturated heterocycles. The minimum absolute atomic E-state index is 0.0791. The van der Waals surface area contributed by atoms with Crippen LogP contribution in [0.2, 0.25) is 0 Å². The van der Waals surface area contributed by atoms with Crippen LogP contribution in [0.5, 0.6) is 0 Å². The van der Waals surface area contributed by atoms with Gasteiger partial charge in [-0.2, -0.15) is 18.3 Å². The van der Waals surface area contributed by atoms with Crippen LogP contribution in [0, 0.1) is 0 Å². The fourth-order valence-corrected chi connectivity index (χ4v) is 1.66. The summed E-state index contributed by atoms with van der Waals surface area (Å²) < 4.78 is 39.6. The van der Waals surface area contributed by atoms with E-state index in [9.17, 15) is 18.0 Å². The molecule has 0 spiro atoms. The Morgan fingerprint density at radius 1 is 1.40 bits per heavy atom. The molecule has 0 fully saturated rings. The normalized spacial score (nSPS) is 11.4. The zero-order valence-corrected chi connectivity index (χ0v) is 10.6. The van der Waals surface area contributed by atoms with Crippen LogP contribution in [0.15, 0.2) is 36.7 Å². The summed E-state index contributed by atoms with van der Waals surface area (Å²) in [7, 11) is 0. The topological polar surface area (TPSA) is 46.9 Å². The Morgan fingerprint density at radius 3 is 2.70 bits per heavy atom. The number of rotatable bonds is 3. The maximum Gasteiger partial charge on any atom is 0.416 e. The third-order valence-corrected chi connectivity index (χ3v) is 2.67. The van der Waals surface area contributed by atoms with Crippen molar-refractivity contribution < 1.29 is 18.0 Å². The van der Waals surface area contributed by atoms with Crippen LogP contribution >= 0.6 is 0 Å². The van der Waals surface area contributed by atoms with E-state index in [-0.39, 0.29) is 18.0 Å². The van der Waals surface area contributed by atoms with Gasteiger partial charge >= 0.3 is 6.18 Å². The van der Waals surface area contributed by atoms with E-state index >= 15 is 0 Å². The summed E-state index contributed by atoms with van der Waals surface area (Å²) in [6.45, 7) is 1.62. The van der Waals surface area contributed by atoms with Crippen LogP contribution in [0.1, 0.15) is 18.9 Å². The minimum atomic E-state index is -4.46. The number of aromatic nitrogens is 2. The predicted molar refractivity (Wildman–Crippen MR) is 67.5 cm³/mol. The highest BCUT2D eigenvalue weighted by Gasteiger charge is 2.31. The highest BCUT2D eigenvalue weighted by molar-refractivity contribution is 5.92. The Labute approximate surface area is 113 Å². The lowest BCUT2D eigenvalue weighted by Gasteiger charge is -2.14. The third kappa shape index (κ3) is 2.98. The van der Waals surface area contributed by atoms with Gasteiger partial charge in [0.05, 0.1) is 16.9 Å². The Morgan fingerprint density at radius 2 is 2.15 bits per heavy atom. The minimum Gasteiger partial charge on any atom is -0.324 e. The fourth-order valence-electron chi connectivity index (χ4n) is 1.66. The van der Waals surface area contributed by atoms with E-state index in [0.29, 0.717) is 5.69 Å².